The van der Waals surface area contributed by atoms with E-state index >= 15 is 0 Å². The first-order valence-corrected chi connectivity index (χ1v) is 9.29. The van der Waals surface area contributed by atoms with Gasteiger partial charge in [-0.1, -0.05) is 58.4 Å². The van der Waals surface area contributed by atoms with Crippen LogP contribution in [0.3, 0.4) is 0 Å². The molecule has 0 amide bonds. The third-order valence-corrected chi connectivity index (χ3v) is 5.07. The molecule has 1 aliphatic carbocycles. The molecule has 0 bridgehead atoms. The Labute approximate surface area is 136 Å². The van der Waals surface area contributed by atoms with Gasteiger partial charge in [-0.3, -0.25) is 4.79 Å². The van der Waals surface area contributed by atoms with Crippen LogP contribution in [-0.4, -0.2) is 11.6 Å². The Morgan fingerprint density at radius 3 is 2.18 bits per heavy atom. The summed E-state index contributed by atoms with van der Waals surface area (Å²) in [5.41, 5.74) is 1.19. The Balaban J connectivity index is 2.83. The molecule has 1 saturated carbocycles. The maximum atomic E-state index is 12.4. The van der Waals surface area contributed by atoms with Crippen molar-refractivity contribution in [2.45, 2.75) is 97.8 Å². The molecule has 0 N–H and O–H groups in total. The van der Waals surface area contributed by atoms with Crippen LogP contribution in [0.15, 0.2) is 11.6 Å². The van der Waals surface area contributed by atoms with Gasteiger partial charge < -0.3 is 4.79 Å². The molecule has 0 saturated heterocycles. The van der Waals surface area contributed by atoms with Gasteiger partial charge in [0.15, 0.2) is 5.78 Å². The number of carbonyl (C=O) groups is 2. The van der Waals surface area contributed by atoms with Crippen molar-refractivity contribution in [1.29, 1.82) is 0 Å². The molecule has 0 aromatic rings. The molecule has 0 radical (unpaired) electrons. The maximum absolute atomic E-state index is 12.4. The van der Waals surface area contributed by atoms with Crippen LogP contribution in [0.25, 0.3) is 0 Å². The van der Waals surface area contributed by atoms with Crippen LogP contribution >= 0.6 is 0 Å². The van der Waals surface area contributed by atoms with Crippen molar-refractivity contribution in [3.05, 3.63) is 11.6 Å². The second-order valence-electron chi connectivity index (χ2n) is 6.98. The van der Waals surface area contributed by atoms with E-state index in [2.05, 4.69) is 19.9 Å². The molecule has 2 heteroatoms. The van der Waals surface area contributed by atoms with Gasteiger partial charge in [0, 0.05) is 12.8 Å². The third-order valence-electron chi connectivity index (χ3n) is 5.07. The Bertz CT molecular complexity index is 383. The minimum atomic E-state index is 0.123. The molecule has 0 heterocycles. The summed E-state index contributed by atoms with van der Waals surface area (Å²) < 4.78 is 0. The van der Waals surface area contributed by atoms with E-state index < -0.39 is 0 Å². The molecule has 1 aliphatic rings. The van der Waals surface area contributed by atoms with E-state index in [4.69, 9.17) is 0 Å². The largest absolute Gasteiger partial charge is 0.300 e. The fraction of sp³-hybridized carbons (Fsp3) is 0.800. The van der Waals surface area contributed by atoms with Gasteiger partial charge in [0.25, 0.3) is 0 Å². The number of hydrogen-bond acceptors (Lipinski definition) is 2. The van der Waals surface area contributed by atoms with E-state index in [0.717, 1.165) is 31.3 Å². The highest BCUT2D eigenvalue weighted by atomic mass is 16.1. The molecule has 2 nitrogen and oxygen atoms in total. The third kappa shape index (κ3) is 5.70. The van der Waals surface area contributed by atoms with Gasteiger partial charge in [-0.25, -0.2) is 0 Å². The fourth-order valence-electron chi connectivity index (χ4n) is 3.74. The average Bonchev–Trinajstić information content (AvgIpc) is 2.77. The van der Waals surface area contributed by atoms with Crippen molar-refractivity contribution in [3.8, 4) is 0 Å². The molecular formula is C20H34O2. The van der Waals surface area contributed by atoms with E-state index in [1.807, 2.05) is 0 Å². The van der Waals surface area contributed by atoms with Gasteiger partial charge in [0.1, 0.15) is 5.78 Å². The second-order valence-corrected chi connectivity index (χ2v) is 6.98. The molecule has 0 aliphatic heterocycles. The second kappa shape index (κ2) is 9.97. The minimum absolute atomic E-state index is 0.123. The summed E-state index contributed by atoms with van der Waals surface area (Å²) in [7, 11) is 0. The summed E-state index contributed by atoms with van der Waals surface area (Å²) in [6, 6.07) is 0. The minimum Gasteiger partial charge on any atom is -0.300 e. The van der Waals surface area contributed by atoms with E-state index in [9.17, 15) is 9.59 Å². The normalized spacial score (nSPS) is 19.0. The lowest BCUT2D eigenvalue weighted by Gasteiger charge is -2.31. The SMILES string of the molecule is CCCCCC1(CCCCC)CCC(=O)/C1=C\CCC(C)=O. The Kier molecular flexibility index (Phi) is 8.67. The lowest BCUT2D eigenvalue weighted by molar-refractivity contribution is -0.117. The van der Waals surface area contributed by atoms with Crippen molar-refractivity contribution >= 4 is 11.6 Å². The lowest BCUT2D eigenvalue weighted by atomic mass is 9.73. The first-order chi connectivity index (χ1) is 10.6. The predicted molar refractivity (Wildman–Crippen MR) is 93.0 cm³/mol. The van der Waals surface area contributed by atoms with Crippen molar-refractivity contribution in [1.82, 2.24) is 0 Å². The topological polar surface area (TPSA) is 34.1 Å². The number of Topliss-reactive ketones (excluding diaryl/α,β-unsaturated/α-hetero) is 2. The monoisotopic (exact) mass is 306 g/mol. The summed E-state index contributed by atoms with van der Waals surface area (Å²) in [6.45, 7) is 6.09. The molecule has 22 heavy (non-hydrogen) atoms. The Morgan fingerprint density at radius 2 is 1.68 bits per heavy atom. The van der Waals surface area contributed by atoms with Crippen molar-refractivity contribution in [3.63, 3.8) is 0 Å². The smallest absolute Gasteiger partial charge is 0.159 e. The van der Waals surface area contributed by atoms with Gasteiger partial charge in [0.05, 0.1) is 0 Å². The van der Waals surface area contributed by atoms with Crippen molar-refractivity contribution in [2.24, 2.45) is 5.41 Å². The standard InChI is InChI=1S/C20H34O2/c1-4-6-8-14-20(15-9-7-5-2)16-13-19(22)18(20)12-10-11-17(3)21/h12H,4-11,13-16H2,1-3H3/b18-12+. The van der Waals surface area contributed by atoms with Gasteiger partial charge in [0.2, 0.25) is 0 Å². The zero-order valence-electron chi connectivity index (χ0n) is 14.9. The van der Waals surface area contributed by atoms with Gasteiger partial charge in [-0.05, 0) is 43.6 Å². The number of ketones is 2. The molecule has 0 spiro atoms. The van der Waals surface area contributed by atoms with E-state index in [-0.39, 0.29) is 11.2 Å². The molecular weight excluding hydrogens is 272 g/mol. The number of carbonyl (C=O) groups excluding carboxylic acids is 2. The number of allylic oxidation sites excluding steroid dienone is 2. The first kappa shape index (κ1) is 19.1. The van der Waals surface area contributed by atoms with Crippen LogP contribution < -0.4 is 0 Å². The van der Waals surface area contributed by atoms with Crippen LogP contribution in [0.4, 0.5) is 0 Å². The zero-order valence-corrected chi connectivity index (χ0v) is 14.9. The molecule has 126 valence electrons. The van der Waals surface area contributed by atoms with Crippen LogP contribution in [0, 0.1) is 5.41 Å². The highest BCUT2D eigenvalue weighted by Gasteiger charge is 2.41. The van der Waals surface area contributed by atoms with Crippen LogP contribution in [0.2, 0.25) is 0 Å². The highest BCUT2D eigenvalue weighted by Crippen LogP contribution is 2.49. The van der Waals surface area contributed by atoms with Crippen molar-refractivity contribution in [2.75, 3.05) is 0 Å². The molecule has 0 atom stereocenters. The first-order valence-electron chi connectivity index (χ1n) is 9.29. The van der Waals surface area contributed by atoms with Crippen LogP contribution in [0.1, 0.15) is 97.8 Å². The van der Waals surface area contributed by atoms with Crippen LogP contribution in [-0.2, 0) is 9.59 Å². The Morgan fingerprint density at radius 1 is 1.09 bits per heavy atom. The van der Waals surface area contributed by atoms with E-state index in [0.29, 0.717) is 18.6 Å². The van der Waals surface area contributed by atoms with E-state index in [1.54, 1.807) is 6.92 Å². The molecule has 0 unspecified atom stereocenters. The van der Waals surface area contributed by atoms with E-state index in [1.165, 1.54) is 38.5 Å². The zero-order chi connectivity index (χ0) is 16.4. The summed E-state index contributed by atoms with van der Waals surface area (Å²) in [5, 5.41) is 0. The lowest BCUT2D eigenvalue weighted by Crippen LogP contribution is -2.21. The summed E-state index contributed by atoms with van der Waals surface area (Å²) in [4.78, 5) is 23.5. The van der Waals surface area contributed by atoms with Gasteiger partial charge in [-0.15, -0.1) is 0 Å². The number of rotatable bonds is 11. The molecule has 0 aromatic carbocycles. The molecule has 0 aromatic heterocycles. The average molecular weight is 306 g/mol. The molecule has 1 fully saturated rings. The summed E-state index contributed by atoms with van der Waals surface area (Å²) in [5.74, 6) is 0.557. The van der Waals surface area contributed by atoms with Crippen LogP contribution in [0.5, 0.6) is 0 Å². The quantitative estimate of drug-likeness (QED) is 0.357. The van der Waals surface area contributed by atoms with Crippen molar-refractivity contribution < 1.29 is 9.59 Å². The highest BCUT2D eigenvalue weighted by molar-refractivity contribution is 5.99. The van der Waals surface area contributed by atoms with Gasteiger partial charge in [-0.2, -0.15) is 0 Å². The number of hydrogen-bond donors (Lipinski definition) is 0. The molecule has 1 rings (SSSR count). The summed E-state index contributed by atoms with van der Waals surface area (Å²) in [6.07, 6.45) is 14.9. The number of unbranched alkanes of at least 4 members (excludes halogenated alkanes) is 4. The fourth-order valence-corrected chi connectivity index (χ4v) is 3.74. The van der Waals surface area contributed by atoms with Gasteiger partial charge >= 0.3 is 0 Å². The predicted octanol–water partition coefficient (Wildman–Crippen LogP) is 5.79. The Hall–Kier alpha value is -0.920. The maximum Gasteiger partial charge on any atom is 0.159 e. The summed E-state index contributed by atoms with van der Waals surface area (Å²) >= 11 is 0.